The van der Waals surface area contributed by atoms with Gasteiger partial charge >= 0.3 is 0 Å². The van der Waals surface area contributed by atoms with E-state index in [1.54, 1.807) is 0 Å². The van der Waals surface area contributed by atoms with Gasteiger partial charge in [0.15, 0.2) is 0 Å². The van der Waals surface area contributed by atoms with Gasteiger partial charge < -0.3 is 10.2 Å². The van der Waals surface area contributed by atoms with Crippen LogP contribution in [0.15, 0.2) is 52.9 Å². The molecule has 0 atom stereocenters. The van der Waals surface area contributed by atoms with Crippen molar-refractivity contribution in [2.24, 2.45) is 5.73 Å². The minimum Gasteiger partial charge on any atom is -0.459 e. The quantitative estimate of drug-likeness (QED) is 0.760. The highest BCUT2D eigenvalue weighted by Crippen LogP contribution is 2.34. The first-order valence-corrected chi connectivity index (χ1v) is 6.64. The van der Waals surface area contributed by atoms with Gasteiger partial charge in [-0.15, -0.1) is 0 Å². The van der Waals surface area contributed by atoms with Crippen LogP contribution in [0.5, 0.6) is 0 Å². The van der Waals surface area contributed by atoms with E-state index in [0.29, 0.717) is 6.54 Å². The SMILES string of the molecule is CCc1c(CN)oc2c(-c3ccccc3)cccc12. The summed E-state index contributed by atoms with van der Waals surface area (Å²) in [6.07, 6.45) is 0.942. The second-order valence-electron chi connectivity index (χ2n) is 4.61. The van der Waals surface area contributed by atoms with Crippen LogP contribution >= 0.6 is 0 Å². The molecule has 0 fully saturated rings. The summed E-state index contributed by atoms with van der Waals surface area (Å²) in [7, 11) is 0. The van der Waals surface area contributed by atoms with Crippen LogP contribution in [-0.4, -0.2) is 0 Å². The van der Waals surface area contributed by atoms with Gasteiger partial charge in [-0.2, -0.15) is 0 Å². The van der Waals surface area contributed by atoms with E-state index in [1.807, 2.05) is 18.2 Å². The number of furan rings is 1. The molecule has 1 aromatic heterocycles. The van der Waals surface area contributed by atoms with Crippen LogP contribution in [0.4, 0.5) is 0 Å². The Kier molecular flexibility index (Phi) is 3.10. The highest BCUT2D eigenvalue weighted by molar-refractivity contribution is 5.95. The maximum absolute atomic E-state index is 6.00. The van der Waals surface area contributed by atoms with Gasteiger partial charge in [0.1, 0.15) is 11.3 Å². The van der Waals surface area contributed by atoms with Crippen molar-refractivity contribution >= 4 is 11.0 Å². The number of rotatable bonds is 3. The maximum atomic E-state index is 6.00. The van der Waals surface area contributed by atoms with Crippen molar-refractivity contribution in [2.75, 3.05) is 0 Å². The summed E-state index contributed by atoms with van der Waals surface area (Å²) in [5, 5.41) is 1.18. The molecule has 0 spiro atoms. The van der Waals surface area contributed by atoms with Gasteiger partial charge in [-0.25, -0.2) is 0 Å². The number of fused-ring (bicyclic) bond motifs is 1. The number of aryl methyl sites for hydroxylation is 1. The molecule has 0 aliphatic heterocycles. The van der Waals surface area contributed by atoms with Crippen molar-refractivity contribution < 1.29 is 4.42 Å². The van der Waals surface area contributed by atoms with Gasteiger partial charge in [-0.05, 0) is 12.0 Å². The molecule has 19 heavy (non-hydrogen) atoms. The summed E-state index contributed by atoms with van der Waals surface area (Å²) < 4.78 is 6.00. The molecule has 0 bridgehead atoms. The summed E-state index contributed by atoms with van der Waals surface area (Å²) in [5.74, 6) is 0.904. The van der Waals surface area contributed by atoms with Crippen molar-refractivity contribution in [2.45, 2.75) is 19.9 Å². The van der Waals surface area contributed by atoms with E-state index in [9.17, 15) is 0 Å². The van der Waals surface area contributed by atoms with E-state index >= 15 is 0 Å². The molecule has 2 heteroatoms. The fourth-order valence-corrected chi connectivity index (χ4v) is 2.62. The van der Waals surface area contributed by atoms with E-state index in [4.69, 9.17) is 10.2 Å². The molecule has 2 N–H and O–H groups in total. The molecule has 1 heterocycles. The average molecular weight is 251 g/mol. The van der Waals surface area contributed by atoms with E-state index in [2.05, 4.69) is 37.3 Å². The molecule has 2 nitrogen and oxygen atoms in total. The van der Waals surface area contributed by atoms with Crippen LogP contribution in [0.2, 0.25) is 0 Å². The van der Waals surface area contributed by atoms with Gasteiger partial charge in [0.25, 0.3) is 0 Å². The van der Waals surface area contributed by atoms with Crippen LogP contribution in [0.25, 0.3) is 22.1 Å². The highest BCUT2D eigenvalue weighted by Gasteiger charge is 2.14. The Balaban J connectivity index is 2.30. The van der Waals surface area contributed by atoms with Crippen LogP contribution < -0.4 is 5.73 Å². The predicted octanol–water partition coefficient (Wildman–Crippen LogP) is 4.12. The number of hydrogen-bond donors (Lipinski definition) is 1. The highest BCUT2D eigenvalue weighted by atomic mass is 16.3. The predicted molar refractivity (Wildman–Crippen MR) is 78.9 cm³/mol. The topological polar surface area (TPSA) is 39.2 Å². The normalized spacial score (nSPS) is 11.1. The van der Waals surface area contributed by atoms with E-state index in [-0.39, 0.29) is 0 Å². The minimum absolute atomic E-state index is 0.450. The third-order valence-corrected chi connectivity index (χ3v) is 3.53. The fourth-order valence-electron chi connectivity index (χ4n) is 2.62. The lowest BCUT2D eigenvalue weighted by molar-refractivity contribution is 0.547. The largest absolute Gasteiger partial charge is 0.459 e. The standard InChI is InChI=1S/C17H17NO/c1-2-13-15-10-6-9-14(12-7-4-3-5-8-12)17(15)19-16(13)11-18/h3-10H,2,11,18H2,1H3. The Morgan fingerprint density at radius 2 is 1.79 bits per heavy atom. The number of para-hydroxylation sites is 1. The molecule has 3 rings (SSSR count). The smallest absolute Gasteiger partial charge is 0.142 e. The van der Waals surface area contributed by atoms with Crippen molar-refractivity contribution in [1.29, 1.82) is 0 Å². The lowest BCUT2D eigenvalue weighted by atomic mass is 10.0. The van der Waals surface area contributed by atoms with Gasteiger partial charge in [-0.3, -0.25) is 0 Å². The molecular formula is C17H17NO. The lowest BCUT2D eigenvalue weighted by Gasteiger charge is -2.02. The van der Waals surface area contributed by atoms with Crippen LogP contribution in [0.3, 0.4) is 0 Å². The summed E-state index contributed by atoms with van der Waals surface area (Å²) in [5.41, 5.74) is 10.3. The third kappa shape index (κ3) is 1.94. The minimum atomic E-state index is 0.450. The van der Waals surface area contributed by atoms with Gasteiger partial charge in [0, 0.05) is 16.5 Å². The average Bonchev–Trinajstić information content (AvgIpc) is 2.85. The molecule has 0 radical (unpaired) electrons. The first kappa shape index (κ1) is 12.0. The van der Waals surface area contributed by atoms with Crippen LogP contribution in [0, 0.1) is 0 Å². The summed E-state index contributed by atoms with van der Waals surface area (Å²) in [6.45, 7) is 2.59. The molecule has 0 unspecified atom stereocenters. The summed E-state index contributed by atoms with van der Waals surface area (Å²) in [4.78, 5) is 0. The van der Waals surface area contributed by atoms with Gasteiger partial charge in [-0.1, -0.05) is 55.5 Å². The molecule has 96 valence electrons. The summed E-state index contributed by atoms with van der Waals surface area (Å²) in [6, 6.07) is 16.6. The molecule has 2 aromatic carbocycles. The fraction of sp³-hybridized carbons (Fsp3) is 0.176. The van der Waals surface area contributed by atoms with Crippen LogP contribution in [-0.2, 0) is 13.0 Å². The molecule has 0 saturated heterocycles. The van der Waals surface area contributed by atoms with Crippen LogP contribution in [0.1, 0.15) is 18.2 Å². The van der Waals surface area contributed by atoms with Crippen molar-refractivity contribution in [1.82, 2.24) is 0 Å². The number of hydrogen-bond acceptors (Lipinski definition) is 2. The zero-order valence-corrected chi connectivity index (χ0v) is 11.0. The molecule has 3 aromatic rings. The molecular weight excluding hydrogens is 234 g/mol. The van der Waals surface area contributed by atoms with E-state index < -0.39 is 0 Å². The second-order valence-corrected chi connectivity index (χ2v) is 4.61. The van der Waals surface area contributed by atoms with Crippen molar-refractivity contribution in [3.8, 4) is 11.1 Å². The van der Waals surface area contributed by atoms with Crippen molar-refractivity contribution in [3.05, 3.63) is 59.9 Å². The van der Waals surface area contributed by atoms with Gasteiger partial charge in [0.05, 0.1) is 6.54 Å². The summed E-state index contributed by atoms with van der Waals surface area (Å²) >= 11 is 0. The first-order valence-electron chi connectivity index (χ1n) is 6.64. The Hall–Kier alpha value is -2.06. The third-order valence-electron chi connectivity index (χ3n) is 3.53. The first-order chi connectivity index (χ1) is 9.35. The van der Waals surface area contributed by atoms with E-state index in [0.717, 1.165) is 23.3 Å². The molecule has 0 saturated carbocycles. The zero-order chi connectivity index (χ0) is 13.2. The van der Waals surface area contributed by atoms with E-state index in [1.165, 1.54) is 16.5 Å². The molecule has 0 aliphatic rings. The van der Waals surface area contributed by atoms with Gasteiger partial charge in [0.2, 0.25) is 0 Å². The monoisotopic (exact) mass is 251 g/mol. The Morgan fingerprint density at radius 1 is 1.00 bits per heavy atom. The van der Waals surface area contributed by atoms with Crippen molar-refractivity contribution in [3.63, 3.8) is 0 Å². The second kappa shape index (κ2) is 4.90. The Morgan fingerprint density at radius 3 is 2.47 bits per heavy atom. The molecule has 0 aliphatic carbocycles. The zero-order valence-electron chi connectivity index (χ0n) is 11.0. The molecule has 0 amide bonds. The lowest BCUT2D eigenvalue weighted by Crippen LogP contribution is -1.97. The Bertz CT molecular complexity index is 698. The number of benzene rings is 2. The maximum Gasteiger partial charge on any atom is 0.142 e. The number of nitrogens with two attached hydrogens (primary N) is 1. The Labute approximate surface area is 112 Å².